The quantitative estimate of drug-likeness (QED) is 0.214. The molecule has 48 heavy (non-hydrogen) atoms. The summed E-state index contributed by atoms with van der Waals surface area (Å²) in [5.41, 5.74) is 1.76. The molecular formula is C34H33F3N10O. The maximum atomic E-state index is 16.8. The molecule has 1 aromatic carbocycles. The molecule has 0 saturated carbocycles. The van der Waals surface area contributed by atoms with Crippen LogP contribution in [0.15, 0.2) is 48.8 Å². The van der Waals surface area contributed by atoms with E-state index < -0.39 is 24.4 Å². The number of nitriles is 1. The van der Waals surface area contributed by atoms with Crippen molar-refractivity contribution >= 4 is 44.6 Å². The molecule has 2 aliphatic heterocycles. The number of pyridine rings is 3. The summed E-state index contributed by atoms with van der Waals surface area (Å²) in [4.78, 5) is 32.4. The van der Waals surface area contributed by atoms with Crippen molar-refractivity contribution in [1.29, 1.82) is 5.26 Å². The van der Waals surface area contributed by atoms with Gasteiger partial charge >= 0.3 is 0 Å². The number of alkyl halides is 1. The highest BCUT2D eigenvalue weighted by Crippen LogP contribution is 2.39. The number of carbonyl (C=O) groups excluding carboxylic acids is 1. The van der Waals surface area contributed by atoms with E-state index in [9.17, 15) is 18.8 Å². The van der Waals surface area contributed by atoms with E-state index in [1.54, 1.807) is 27.9 Å². The molecule has 4 aromatic heterocycles. The molecule has 5 aromatic rings. The van der Waals surface area contributed by atoms with E-state index in [2.05, 4.69) is 50.1 Å². The third-order valence-electron chi connectivity index (χ3n) is 9.62. The summed E-state index contributed by atoms with van der Waals surface area (Å²) in [6.45, 7) is 3.89. The van der Waals surface area contributed by atoms with E-state index in [1.807, 2.05) is 0 Å². The number of piperidine rings is 1. The van der Waals surface area contributed by atoms with Gasteiger partial charge in [-0.1, -0.05) is 12.1 Å². The number of anilines is 1. The summed E-state index contributed by atoms with van der Waals surface area (Å²) < 4.78 is 45.9. The average Bonchev–Trinajstić information content (AvgIpc) is 3.53. The Morgan fingerprint density at radius 1 is 1.15 bits per heavy atom. The molecule has 7 rings (SSSR count). The van der Waals surface area contributed by atoms with Crippen LogP contribution in [0.2, 0.25) is 0 Å². The number of likely N-dealkylation sites (tertiary alicyclic amines) is 1. The lowest BCUT2D eigenvalue weighted by atomic mass is 9.94. The number of carbonyl (C=O) groups is 1. The Kier molecular flexibility index (Phi) is 8.38. The van der Waals surface area contributed by atoms with Gasteiger partial charge in [-0.05, 0) is 56.8 Å². The van der Waals surface area contributed by atoms with Crippen molar-refractivity contribution in [2.24, 2.45) is 0 Å². The highest BCUT2D eigenvalue weighted by atomic mass is 19.1. The fraction of sp³-hybridized carbons (Fsp3) is 0.382. The molecule has 0 N–H and O–H groups in total. The number of allylic oxidation sites excluding steroid dienone is 1. The van der Waals surface area contributed by atoms with Gasteiger partial charge < -0.3 is 14.7 Å². The van der Waals surface area contributed by atoms with E-state index in [-0.39, 0.29) is 40.5 Å². The molecule has 2 fully saturated rings. The van der Waals surface area contributed by atoms with Gasteiger partial charge in [0.1, 0.15) is 29.2 Å². The Balaban J connectivity index is 1.37. The van der Waals surface area contributed by atoms with E-state index in [1.165, 1.54) is 24.4 Å². The molecule has 11 nitrogen and oxygen atoms in total. The van der Waals surface area contributed by atoms with Crippen LogP contribution in [-0.4, -0.2) is 97.6 Å². The van der Waals surface area contributed by atoms with Crippen LogP contribution in [0, 0.1) is 23.0 Å². The third-order valence-corrected chi connectivity index (χ3v) is 9.62. The van der Waals surface area contributed by atoms with Crippen molar-refractivity contribution in [2.75, 3.05) is 44.8 Å². The Hall–Kier alpha value is -5.16. The number of rotatable bonds is 8. The number of likely N-dealkylation sites (N-methyl/N-ethyl adjacent to an activating group) is 1. The van der Waals surface area contributed by atoms with Crippen LogP contribution >= 0.6 is 0 Å². The van der Waals surface area contributed by atoms with Crippen molar-refractivity contribution in [1.82, 2.24) is 39.7 Å². The smallest absolute Gasteiger partial charge is 0.246 e. The summed E-state index contributed by atoms with van der Waals surface area (Å²) in [5.74, 6) is -0.990. The first-order valence-electron chi connectivity index (χ1n) is 16.0. The van der Waals surface area contributed by atoms with Crippen LogP contribution in [0.25, 0.3) is 44.1 Å². The highest BCUT2D eigenvalue weighted by Gasteiger charge is 2.36. The van der Waals surface area contributed by atoms with Gasteiger partial charge in [-0.2, -0.15) is 5.26 Å². The molecule has 0 bridgehead atoms. The first kappa shape index (κ1) is 31.4. The minimum Gasteiger partial charge on any atom is -0.351 e. The normalized spacial score (nSPS) is 18.8. The van der Waals surface area contributed by atoms with E-state index in [0.717, 1.165) is 12.6 Å². The summed E-state index contributed by atoms with van der Waals surface area (Å²) in [6.07, 6.45) is 6.40. The van der Waals surface area contributed by atoms with Crippen molar-refractivity contribution in [2.45, 2.75) is 44.3 Å². The standard InChI is InChI=1S/C34H33F3N10O/c1-3-44(2)22-18-45(19-22)34-32-33(47(43-42-32)21-11-15-46(20(16-21)10-13-38)27(48)7-4-12-35)25-17-40-30(28(37)31(25)41-34)24-8-9-26(36)23-6-5-14-39-29(23)24/h4-9,14,17,20-22H,3,10-12,15-16,18-19H2,1-2H3/b7-4+/t20-,21+/m1/s1. The molecule has 2 aliphatic rings. The zero-order chi connectivity index (χ0) is 33.5. The lowest BCUT2D eigenvalue weighted by molar-refractivity contribution is -0.130. The Morgan fingerprint density at radius 2 is 1.98 bits per heavy atom. The number of nitrogens with zero attached hydrogens (tertiary/aromatic N) is 10. The number of amides is 1. The molecule has 0 unspecified atom stereocenters. The van der Waals surface area contributed by atoms with Crippen molar-refractivity contribution in [3.8, 4) is 17.3 Å². The molecule has 2 atom stereocenters. The predicted octanol–water partition coefficient (Wildman–Crippen LogP) is 4.98. The molecule has 1 amide bonds. The topological polar surface area (TPSA) is 120 Å². The fourth-order valence-corrected chi connectivity index (χ4v) is 6.85. The van der Waals surface area contributed by atoms with Gasteiger partial charge in [0.05, 0.1) is 24.0 Å². The molecule has 0 spiro atoms. The van der Waals surface area contributed by atoms with Crippen LogP contribution in [-0.2, 0) is 4.79 Å². The molecule has 2 saturated heterocycles. The highest BCUT2D eigenvalue weighted by molar-refractivity contribution is 6.08. The van der Waals surface area contributed by atoms with Gasteiger partial charge in [0.25, 0.3) is 0 Å². The van der Waals surface area contributed by atoms with Crippen LogP contribution in [0.3, 0.4) is 0 Å². The summed E-state index contributed by atoms with van der Waals surface area (Å²) >= 11 is 0. The predicted molar refractivity (Wildman–Crippen MR) is 175 cm³/mol. The molecule has 246 valence electrons. The maximum Gasteiger partial charge on any atom is 0.246 e. The van der Waals surface area contributed by atoms with E-state index >= 15 is 4.39 Å². The van der Waals surface area contributed by atoms with E-state index in [0.29, 0.717) is 66.3 Å². The number of fused-ring (bicyclic) bond motifs is 4. The molecule has 6 heterocycles. The molecule has 0 radical (unpaired) electrons. The van der Waals surface area contributed by atoms with Gasteiger partial charge in [-0.25, -0.2) is 22.8 Å². The van der Waals surface area contributed by atoms with Crippen molar-refractivity contribution in [3.05, 3.63) is 60.4 Å². The second-order valence-electron chi connectivity index (χ2n) is 12.3. The Morgan fingerprint density at radius 3 is 2.75 bits per heavy atom. The first-order valence-corrected chi connectivity index (χ1v) is 16.0. The third kappa shape index (κ3) is 5.28. The summed E-state index contributed by atoms with van der Waals surface area (Å²) in [7, 11) is 2.06. The maximum absolute atomic E-state index is 16.8. The minimum absolute atomic E-state index is 0.00235. The second-order valence-corrected chi connectivity index (χ2v) is 12.3. The number of hydrogen-bond donors (Lipinski definition) is 0. The summed E-state index contributed by atoms with van der Waals surface area (Å²) in [6, 6.07) is 7.72. The van der Waals surface area contributed by atoms with Crippen LogP contribution in [0.5, 0.6) is 0 Å². The Labute approximate surface area is 274 Å². The zero-order valence-corrected chi connectivity index (χ0v) is 26.5. The van der Waals surface area contributed by atoms with Gasteiger partial charge in [0.2, 0.25) is 5.91 Å². The first-order chi connectivity index (χ1) is 23.3. The summed E-state index contributed by atoms with van der Waals surface area (Å²) in [5, 5.41) is 19.3. The monoisotopic (exact) mass is 654 g/mol. The molecule has 0 aliphatic carbocycles. The average molecular weight is 655 g/mol. The Bertz CT molecular complexity index is 2100. The number of benzene rings is 1. The lowest BCUT2D eigenvalue weighted by Crippen LogP contribution is -2.58. The number of halogens is 3. The minimum atomic E-state index is -0.758. The second kappa shape index (κ2) is 12.8. The van der Waals surface area contributed by atoms with E-state index in [4.69, 9.17) is 4.98 Å². The fourth-order valence-electron chi connectivity index (χ4n) is 6.85. The van der Waals surface area contributed by atoms with Gasteiger partial charge in [-0.15, -0.1) is 5.10 Å². The molecule has 14 heteroatoms. The molecular weight excluding hydrogens is 621 g/mol. The van der Waals surface area contributed by atoms with Gasteiger partial charge in [0, 0.05) is 66.5 Å². The van der Waals surface area contributed by atoms with Crippen LogP contribution in [0.1, 0.15) is 32.2 Å². The van der Waals surface area contributed by atoms with Crippen molar-refractivity contribution in [3.63, 3.8) is 0 Å². The lowest BCUT2D eigenvalue weighted by Gasteiger charge is -2.44. The van der Waals surface area contributed by atoms with Gasteiger partial charge in [-0.3, -0.25) is 14.8 Å². The largest absolute Gasteiger partial charge is 0.351 e. The van der Waals surface area contributed by atoms with Crippen LogP contribution in [0.4, 0.5) is 19.0 Å². The zero-order valence-electron chi connectivity index (χ0n) is 26.5. The number of hydrogen-bond acceptors (Lipinski definition) is 9. The van der Waals surface area contributed by atoms with Gasteiger partial charge in [0.15, 0.2) is 17.2 Å². The van der Waals surface area contributed by atoms with Crippen LogP contribution < -0.4 is 4.90 Å². The number of aromatic nitrogens is 6. The van der Waals surface area contributed by atoms with Crippen molar-refractivity contribution < 1.29 is 18.0 Å². The SMILES string of the molecule is CCN(C)C1CN(c2nc3c(F)c(-c4ccc(F)c5cccnc45)ncc3c3c2nnn3[C@H]2CCN(C(=O)/C=C/CF)[C@H](CC#N)C2)C1.